The summed E-state index contributed by atoms with van der Waals surface area (Å²) >= 11 is 0. The van der Waals surface area contributed by atoms with Gasteiger partial charge in [-0.3, -0.25) is 9.59 Å². The highest BCUT2D eigenvalue weighted by Gasteiger charge is 2.43. The van der Waals surface area contributed by atoms with Crippen LogP contribution in [0.2, 0.25) is 0 Å². The SMILES string of the molecule is CC(C)(C)OC(=O)C[C@](C)(C#N)C(=O)N1CCOC(C)(C)C1. The van der Waals surface area contributed by atoms with Crippen LogP contribution in [0.25, 0.3) is 0 Å². The molecule has 1 saturated heterocycles. The summed E-state index contributed by atoms with van der Waals surface area (Å²) in [6.07, 6.45) is -0.253. The van der Waals surface area contributed by atoms with Crippen molar-refractivity contribution in [1.82, 2.24) is 4.90 Å². The molecule has 0 aromatic rings. The summed E-state index contributed by atoms with van der Waals surface area (Å²) in [5.41, 5.74) is -2.51. The highest BCUT2D eigenvalue weighted by molar-refractivity contribution is 5.89. The molecule has 0 radical (unpaired) electrons. The number of carbonyl (C=O) groups excluding carboxylic acids is 2. The Morgan fingerprint density at radius 1 is 1.32 bits per heavy atom. The molecule has 1 aliphatic heterocycles. The molecule has 0 N–H and O–H groups in total. The van der Waals surface area contributed by atoms with E-state index in [9.17, 15) is 14.9 Å². The molecular formula is C16H26N2O4. The van der Waals surface area contributed by atoms with Crippen molar-refractivity contribution in [3.8, 4) is 6.07 Å². The van der Waals surface area contributed by atoms with Gasteiger partial charge in [-0.05, 0) is 41.5 Å². The molecule has 1 amide bonds. The van der Waals surface area contributed by atoms with Gasteiger partial charge in [-0.1, -0.05) is 0 Å². The fourth-order valence-electron chi connectivity index (χ4n) is 2.37. The first-order valence-electron chi connectivity index (χ1n) is 7.45. The van der Waals surface area contributed by atoms with Gasteiger partial charge in [0.05, 0.1) is 24.7 Å². The highest BCUT2D eigenvalue weighted by atomic mass is 16.6. The third-order valence-corrected chi connectivity index (χ3v) is 3.35. The molecule has 0 aromatic carbocycles. The Hall–Kier alpha value is -1.61. The average molecular weight is 310 g/mol. The first kappa shape index (κ1) is 18.4. The van der Waals surface area contributed by atoms with Gasteiger partial charge >= 0.3 is 5.97 Å². The van der Waals surface area contributed by atoms with Crippen LogP contribution in [0.3, 0.4) is 0 Å². The molecule has 6 nitrogen and oxygen atoms in total. The summed E-state index contributed by atoms with van der Waals surface area (Å²) in [4.78, 5) is 26.3. The Labute approximate surface area is 132 Å². The topological polar surface area (TPSA) is 79.6 Å². The maximum absolute atomic E-state index is 12.7. The van der Waals surface area contributed by atoms with Crippen LogP contribution in [0.15, 0.2) is 0 Å². The van der Waals surface area contributed by atoms with Gasteiger partial charge in [0.2, 0.25) is 5.91 Å². The van der Waals surface area contributed by atoms with Crippen LogP contribution in [-0.2, 0) is 19.1 Å². The lowest BCUT2D eigenvalue weighted by molar-refractivity contribution is -0.163. The van der Waals surface area contributed by atoms with Gasteiger partial charge in [-0.25, -0.2) is 0 Å². The minimum absolute atomic E-state index is 0.253. The standard InChI is InChI=1S/C16H26N2O4/c1-14(2,3)22-12(19)9-16(6,10-17)13(20)18-7-8-21-15(4,5)11-18/h7-9,11H2,1-6H3/t16-/m1/s1. The maximum atomic E-state index is 12.7. The lowest BCUT2D eigenvalue weighted by atomic mass is 9.86. The van der Waals surface area contributed by atoms with E-state index in [4.69, 9.17) is 9.47 Å². The monoisotopic (exact) mass is 310 g/mol. The van der Waals surface area contributed by atoms with Gasteiger partial charge in [0.15, 0.2) is 0 Å². The predicted molar refractivity (Wildman–Crippen MR) is 80.8 cm³/mol. The smallest absolute Gasteiger partial charge is 0.308 e. The highest BCUT2D eigenvalue weighted by Crippen LogP contribution is 2.28. The number of hydrogen-bond donors (Lipinski definition) is 0. The molecule has 22 heavy (non-hydrogen) atoms. The van der Waals surface area contributed by atoms with E-state index in [-0.39, 0.29) is 12.3 Å². The number of ether oxygens (including phenoxy) is 2. The minimum atomic E-state index is -1.42. The number of nitrogens with zero attached hydrogens (tertiary/aromatic N) is 2. The van der Waals surface area contributed by atoms with Crippen molar-refractivity contribution in [2.45, 2.75) is 59.2 Å². The van der Waals surface area contributed by atoms with Crippen LogP contribution >= 0.6 is 0 Å². The summed E-state index contributed by atoms with van der Waals surface area (Å²) in [6.45, 7) is 11.8. The van der Waals surface area contributed by atoms with E-state index in [1.54, 1.807) is 25.7 Å². The number of hydrogen-bond acceptors (Lipinski definition) is 5. The quantitative estimate of drug-likeness (QED) is 0.744. The van der Waals surface area contributed by atoms with Gasteiger partial charge < -0.3 is 14.4 Å². The Morgan fingerprint density at radius 2 is 1.91 bits per heavy atom. The van der Waals surface area contributed by atoms with Crippen LogP contribution in [0.5, 0.6) is 0 Å². The molecule has 0 aromatic heterocycles. The summed E-state index contributed by atoms with van der Waals surface area (Å²) < 4.78 is 10.8. The zero-order valence-corrected chi connectivity index (χ0v) is 14.4. The molecule has 124 valence electrons. The van der Waals surface area contributed by atoms with Crippen molar-refractivity contribution < 1.29 is 19.1 Å². The first-order valence-corrected chi connectivity index (χ1v) is 7.45. The molecule has 1 heterocycles. The Balaban J connectivity index is 2.82. The van der Waals surface area contributed by atoms with E-state index in [1.807, 2.05) is 19.9 Å². The van der Waals surface area contributed by atoms with Crippen molar-refractivity contribution in [3.63, 3.8) is 0 Å². The van der Waals surface area contributed by atoms with E-state index in [1.165, 1.54) is 6.92 Å². The Kier molecular flexibility index (Phi) is 5.24. The largest absolute Gasteiger partial charge is 0.460 e. The van der Waals surface area contributed by atoms with Crippen LogP contribution in [0.1, 0.15) is 48.0 Å². The molecule has 1 aliphatic rings. The van der Waals surface area contributed by atoms with Crippen molar-refractivity contribution >= 4 is 11.9 Å². The van der Waals surface area contributed by atoms with Crippen molar-refractivity contribution in [2.24, 2.45) is 5.41 Å². The number of esters is 1. The van der Waals surface area contributed by atoms with Crippen LogP contribution in [0.4, 0.5) is 0 Å². The normalized spacial score (nSPS) is 20.7. The Bertz CT molecular complexity index is 487. The average Bonchev–Trinajstić information content (AvgIpc) is 2.34. The molecule has 0 aliphatic carbocycles. The number of amides is 1. The van der Waals surface area contributed by atoms with E-state index in [0.29, 0.717) is 19.7 Å². The lowest BCUT2D eigenvalue weighted by Crippen LogP contribution is -2.54. The molecule has 0 bridgehead atoms. The fraction of sp³-hybridized carbons (Fsp3) is 0.812. The van der Waals surface area contributed by atoms with E-state index in [0.717, 1.165) is 0 Å². The van der Waals surface area contributed by atoms with Crippen molar-refractivity contribution in [1.29, 1.82) is 5.26 Å². The van der Waals surface area contributed by atoms with Crippen LogP contribution in [0, 0.1) is 16.7 Å². The van der Waals surface area contributed by atoms with Gasteiger partial charge in [0.1, 0.15) is 11.0 Å². The summed E-state index contributed by atoms with van der Waals surface area (Å²) in [6, 6.07) is 1.99. The van der Waals surface area contributed by atoms with Crippen LogP contribution < -0.4 is 0 Å². The summed E-state index contributed by atoms with van der Waals surface area (Å²) in [5.74, 6) is -0.894. The maximum Gasteiger partial charge on any atom is 0.308 e. The predicted octanol–water partition coefficient (Wildman–Crippen LogP) is 1.89. The van der Waals surface area contributed by atoms with E-state index < -0.39 is 22.6 Å². The number of carbonyl (C=O) groups is 2. The Morgan fingerprint density at radius 3 is 2.36 bits per heavy atom. The lowest BCUT2D eigenvalue weighted by Gasteiger charge is -2.40. The second-order valence-corrected chi connectivity index (χ2v) is 7.54. The third-order valence-electron chi connectivity index (χ3n) is 3.35. The molecule has 6 heteroatoms. The first-order chi connectivity index (χ1) is 9.88. The van der Waals surface area contributed by atoms with Crippen molar-refractivity contribution in [2.75, 3.05) is 19.7 Å². The zero-order chi connectivity index (χ0) is 17.2. The van der Waals surface area contributed by atoms with Gasteiger partial charge in [-0.15, -0.1) is 0 Å². The van der Waals surface area contributed by atoms with E-state index >= 15 is 0 Å². The van der Waals surface area contributed by atoms with Gasteiger partial charge in [-0.2, -0.15) is 5.26 Å². The number of morpholine rings is 1. The molecular weight excluding hydrogens is 284 g/mol. The van der Waals surface area contributed by atoms with Crippen molar-refractivity contribution in [3.05, 3.63) is 0 Å². The van der Waals surface area contributed by atoms with Gasteiger partial charge in [0, 0.05) is 13.1 Å². The number of nitriles is 1. The molecule has 1 atom stereocenters. The second-order valence-electron chi connectivity index (χ2n) is 7.54. The summed E-state index contributed by atoms with van der Waals surface area (Å²) in [5, 5.41) is 9.43. The number of rotatable bonds is 3. The summed E-state index contributed by atoms with van der Waals surface area (Å²) in [7, 11) is 0. The van der Waals surface area contributed by atoms with E-state index in [2.05, 4.69) is 0 Å². The minimum Gasteiger partial charge on any atom is -0.460 e. The molecule has 1 rings (SSSR count). The van der Waals surface area contributed by atoms with Crippen LogP contribution in [-0.4, -0.2) is 47.7 Å². The van der Waals surface area contributed by atoms with Gasteiger partial charge in [0.25, 0.3) is 0 Å². The molecule has 1 fully saturated rings. The molecule has 0 spiro atoms. The third kappa shape index (κ3) is 4.99. The molecule has 0 saturated carbocycles. The second kappa shape index (κ2) is 6.25. The fourth-order valence-corrected chi connectivity index (χ4v) is 2.37. The molecule has 0 unspecified atom stereocenters. The zero-order valence-electron chi connectivity index (χ0n) is 14.4.